The number of hydrogen-bond acceptors (Lipinski definition) is 18. The summed E-state index contributed by atoms with van der Waals surface area (Å²) < 4.78 is 102. The summed E-state index contributed by atoms with van der Waals surface area (Å²) >= 11 is 0. The molecule has 0 aromatic heterocycles. The Morgan fingerprint density at radius 2 is 0.757 bits per heavy atom. The van der Waals surface area contributed by atoms with Gasteiger partial charge in [-0.05, 0) is 83.1 Å². The highest BCUT2D eigenvalue weighted by Gasteiger charge is 2.40. The molecule has 0 fully saturated rings. The number of carbonyl (C=O) groups excluding carboxylic acids is 6. The molecule has 2 aromatic carbocycles. The smallest absolute Gasteiger partial charge is 0.408 e. The lowest BCUT2D eigenvalue weighted by atomic mass is 10.1. The highest BCUT2D eigenvalue weighted by atomic mass is 32.2. The third kappa shape index (κ3) is 24.9. The van der Waals surface area contributed by atoms with E-state index in [1.54, 1.807) is 95.2 Å². The van der Waals surface area contributed by atoms with Crippen LogP contribution in [0.4, 0.5) is 9.59 Å². The molecule has 4 N–H and O–H groups in total. The minimum Gasteiger partial charge on any atom is -0.460 e. The predicted molar refractivity (Wildman–Crippen MR) is 253 cm³/mol. The average molecular weight is 1030 g/mol. The fourth-order valence-electron chi connectivity index (χ4n) is 5.60. The van der Waals surface area contributed by atoms with E-state index in [1.807, 2.05) is 0 Å². The predicted octanol–water partition coefficient (Wildman–Crippen LogP) is 4.59. The Labute approximate surface area is 410 Å². The lowest BCUT2D eigenvalue weighted by molar-refractivity contribution is -0.164. The van der Waals surface area contributed by atoms with Crippen LogP contribution < -0.4 is 20.1 Å². The molecule has 24 heteroatoms. The first-order valence-corrected chi connectivity index (χ1v) is 25.3. The zero-order chi connectivity index (χ0) is 53.1. The number of carbonyl (C=O) groups is 6. The van der Waals surface area contributed by atoms with Crippen molar-refractivity contribution < 1.29 is 83.5 Å². The van der Waals surface area contributed by atoms with Crippen molar-refractivity contribution in [2.75, 3.05) is 39.5 Å². The van der Waals surface area contributed by atoms with Gasteiger partial charge in [0.05, 0.1) is 39.3 Å². The number of alkyl carbamates (subject to hydrolysis) is 2. The Balaban J connectivity index is 1.95. The number of nitrogens with one attached hydrogen (secondary N) is 4. The van der Waals surface area contributed by atoms with Crippen LogP contribution in [0.5, 0.6) is 0 Å². The van der Waals surface area contributed by atoms with E-state index < -0.39 is 114 Å². The van der Waals surface area contributed by atoms with Crippen molar-refractivity contribution in [2.45, 2.75) is 141 Å². The van der Waals surface area contributed by atoms with E-state index in [2.05, 4.69) is 20.1 Å². The number of rotatable bonds is 25. The lowest BCUT2D eigenvalue weighted by Crippen LogP contribution is -2.48. The molecular formula is C46H70N4O18S2. The maximum atomic E-state index is 13.8. The number of benzene rings is 2. The monoisotopic (exact) mass is 1030 g/mol. The highest BCUT2D eigenvalue weighted by Crippen LogP contribution is 2.27. The van der Waals surface area contributed by atoms with Crippen LogP contribution in [0.15, 0.2) is 60.7 Å². The number of amides is 2. The summed E-state index contributed by atoms with van der Waals surface area (Å²) in [6, 6.07) is 11.4. The molecule has 0 saturated carbocycles. The average Bonchev–Trinajstić information content (AvgIpc) is 3.19. The SMILES string of the molecule is CC(C)(C)OC(=O)CC(NS(=O)(=O)C(OC(=O)NCCOCCOCCNC(=O)OC(c1ccccc1)S(=O)(=O)NC(CC(=O)OC(C)(C)C)C(=O)OC(C)(C)C)c1ccccc1)C(=O)OC(C)(C)C. The molecule has 0 aliphatic rings. The van der Waals surface area contributed by atoms with Crippen LogP contribution in [0.1, 0.15) is 118 Å². The van der Waals surface area contributed by atoms with Gasteiger partial charge in [-0.15, -0.1) is 0 Å². The summed E-state index contributed by atoms with van der Waals surface area (Å²) in [5.74, 6) is -3.88. The van der Waals surface area contributed by atoms with Crippen molar-refractivity contribution in [2.24, 2.45) is 0 Å². The topological polar surface area (TPSA) is 293 Å². The number of ether oxygens (including phenoxy) is 8. The first kappa shape index (κ1) is 60.7. The van der Waals surface area contributed by atoms with E-state index in [0.717, 1.165) is 0 Å². The van der Waals surface area contributed by atoms with Crippen molar-refractivity contribution in [1.29, 1.82) is 0 Å². The van der Waals surface area contributed by atoms with Crippen LogP contribution in [0.2, 0.25) is 0 Å². The molecule has 0 aliphatic heterocycles. The van der Waals surface area contributed by atoms with Crippen LogP contribution in [0, 0.1) is 0 Å². The lowest BCUT2D eigenvalue weighted by Gasteiger charge is -2.27. The first-order valence-electron chi connectivity index (χ1n) is 22.2. The fourth-order valence-corrected chi connectivity index (χ4v) is 8.46. The minimum absolute atomic E-state index is 0.0118. The Morgan fingerprint density at radius 1 is 0.457 bits per heavy atom. The van der Waals surface area contributed by atoms with Gasteiger partial charge in [-0.25, -0.2) is 26.4 Å². The van der Waals surface area contributed by atoms with E-state index in [4.69, 9.17) is 37.9 Å². The van der Waals surface area contributed by atoms with Gasteiger partial charge >= 0.3 is 36.1 Å². The summed E-state index contributed by atoms with van der Waals surface area (Å²) in [5.41, 5.74) is -7.86. The molecule has 4 unspecified atom stereocenters. The summed E-state index contributed by atoms with van der Waals surface area (Å²) in [6.07, 6.45) is -3.74. The molecular weight excluding hydrogens is 961 g/mol. The van der Waals surface area contributed by atoms with Crippen molar-refractivity contribution in [3.8, 4) is 0 Å². The Hall–Kier alpha value is -5.40. The molecule has 0 heterocycles. The number of sulfonamides is 2. The summed E-state index contributed by atoms with van der Waals surface area (Å²) in [7, 11) is -9.49. The molecule has 2 amide bonds. The van der Waals surface area contributed by atoms with Gasteiger partial charge in [0.1, 0.15) is 34.5 Å². The standard InChI is InChI=1S/C46H70N4O18S2/c1-43(2,3)65-35(51)29-33(37(53)67-45(7,8)9)49-69(57,58)39(31-19-15-13-16-20-31)63-41(55)47-23-25-61-27-28-62-26-24-48-42(56)64-40(32-21-17-14-18-22-32)70(59,60)50-34(38(54)68-46(10,11)12)30-36(52)66-44(4,5)6/h13-22,33-34,39-40,49-50H,23-30H2,1-12H3,(H,47,55)(H,48,56). The molecule has 0 bridgehead atoms. The minimum atomic E-state index is -4.74. The van der Waals surface area contributed by atoms with Gasteiger partial charge in [0.2, 0.25) is 10.9 Å². The normalized spacial score (nSPS) is 14.2. The Morgan fingerprint density at radius 3 is 1.04 bits per heavy atom. The van der Waals surface area contributed by atoms with Crippen molar-refractivity contribution >= 4 is 56.1 Å². The molecule has 22 nitrogen and oxygen atoms in total. The summed E-state index contributed by atoms with van der Waals surface area (Å²) in [5, 5.41) is 4.77. The van der Waals surface area contributed by atoms with Gasteiger partial charge in [-0.1, -0.05) is 60.7 Å². The molecule has 0 spiro atoms. The molecule has 0 saturated heterocycles. The molecule has 2 aromatic rings. The van der Waals surface area contributed by atoms with Gasteiger partial charge in [0.25, 0.3) is 20.0 Å². The molecule has 0 aliphatic carbocycles. The number of hydrogen-bond donors (Lipinski definition) is 4. The zero-order valence-electron chi connectivity index (χ0n) is 41.9. The second kappa shape index (κ2) is 26.7. The van der Waals surface area contributed by atoms with E-state index in [-0.39, 0.29) is 50.6 Å². The maximum Gasteiger partial charge on any atom is 0.408 e. The van der Waals surface area contributed by atoms with Crippen molar-refractivity contribution in [1.82, 2.24) is 20.1 Å². The van der Waals surface area contributed by atoms with Crippen molar-refractivity contribution in [3.63, 3.8) is 0 Å². The van der Waals surface area contributed by atoms with E-state index in [0.29, 0.717) is 0 Å². The second-order valence-corrected chi connectivity index (χ2v) is 23.0. The van der Waals surface area contributed by atoms with Gasteiger partial charge in [0.15, 0.2) is 0 Å². The van der Waals surface area contributed by atoms with E-state index >= 15 is 0 Å². The summed E-state index contributed by atoms with van der Waals surface area (Å²) in [4.78, 5) is 77.4. The van der Waals surface area contributed by atoms with Crippen LogP contribution in [0.25, 0.3) is 0 Å². The van der Waals surface area contributed by atoms with Gasteiger partial charge in [0, 0.05) is 24.2 Å². The van der Waals surface area contributed by atoms with Gasteiger partial charge in [-0.2, -0.15) is 9.44 Å². The highest BCUT2D eigenvalue weighted by molar-refractivity contribution is 7.89. The molecule has 70 heavy (non-hydrogen) atoms. The van der Waals surface area contributed by atoms with E-state index in [1.165, 1.54) is 48.5 Å². The van der Waals surface area contributed by atoms with Crippen LogP contribution in [0.3, 0.4) is 0 Å². The van der Waals surface area contributed by atoms with Crippen LogP contribution in [-0.4, -0.2) is 127 Å². The Kier molecular flexibility index (Phi) is 23.2. The second-order valence-electron chi connectivity index (χ2n) is 19.5. The number of esters is 4. The van der Waals surface area contributed by atoms with Crippen LogP contribution in [-0.2, 0) is 77.1 Å². The molecule has 394 valence electrons. The largest absolute Gasteiger partial charge is 0.460 e. The van der Waals surface area contributed by atoms with Gasteiger partial charge in [-0.3, -0.25) is 19.2 Å². The quantitative estimate of drug-likeness (QED) is 0.0601. The molecule has 2 rings (SSSR count). The van der Waals surface area contributed by atoms with Gasteiger partial charge < -0.3 is 48.5 Å². The van der Waals surface area contributed by atoms with E-state index in [9.17, 15) is 45.6 Å². The third-order valence-electron chi connectivity index (χ3n) is 8.12. The zero-order valence-corrected chi connectivity index (χ0v) is 43.5. The van der Waals surface area contributed by atoms with Crippen LogP contribution >= 0.6 is 0 Å². The first-order chi connectivity index (χ1) is 32.2. The summed E-state index contributed by atoms with van der Waals surface area (Å²) in [6.45, 7) is 18.6. The molecule has 4 atom stereocenters. The Bertz CT molecular complexity index is 2090. The molecule has 0 radical (unpaired) electrons. The maximum absolute atomic E-state index is 13.8. The third-order valence-corrected chi connectivity index (χ3v) is 11.2. The fraction of sp³-hybridized carbons (Fsp3) is 0.609. The van der Waals surface area contributed by atoms with Crippen molar-refractivity contribution in [3.05, 3.63) is 71.8 Å².